The molecule has 2 fully saturated rings. The molecule has 10 atom stereocenters. The number of aliphatic hydroxyl groups is 1. The summed E-state index contributed by atoms with van der Waals surface area (Å²) < 4.78 is 100. The normalized spacial score (nSPS) is 24.3. The zero-order chi connectivity index (χ0) is 51.3. The van der Waals surface area contributed by atoms with Gasteiger partial charge in [-0.3, -0.25) is 32.0 Å². The number of nitrogens with one attached hydrogen (secondary N) is 1. The van der Waals surface area contributed by atoms with Crippen molar-refractivity contribution < 1.29 is 74.4 Å². The Kier molecular flexibility index (Phi) is 16.6. The molecule has 3 aromatic heterocycles. The molecule has 5 heterocycles. The van der Waals surface area contributed by atoms with E-state index in [1.165, 1.54) is 17.9 Å². The number of carbonyl (C=O) groups excluding carboxylic acids is 2. The first-order valence-electron chi connectivity index (χ1n) is 21.9. The number of phosphoric ester groups is 2. The maximum Gasteiger partial charge on any atom is 0.475 e. The van der Waals surface area contributed by atoms with Gasteiger partial charge in [-0.15, -0.1) is 5.10 Å². The number of methoxy groups -OCH3 is 1. The van der Waals surface area contributed by atoms with E-state index in [1.807, 2.05) is 39.9 Å². The van der Waals surface area contributed by atoms with Gasteiger partial charge in [0, 0.05) is 5.56 Å². The van der Waals surface area contributed by atoms with Crippen molar-refractivity contribution in [3.63, 3.8) is 0 Å². The highest BCUT2D eigenvalue weighted by Gasteiger charge is 2.56. The summed E-state index contributed by atoms with van der Waals surface area (Å²) in [4.78, 5) is 49.1. The number of alkyl halides is 1. The molecule has 2 aliphatic heterocycles. The summed E-state index contributed by atoms with van der Waals surface area (Å²) in [5.74, 6) is -1.29. The van der Waals surface area contributed by atoms with Crippen LogP contribution in [-0.2, 0) is 50.4 Å². The van der Waals surface area contributed by atoms with Gasteiger partial charge in [-0.05, 0) is 42.4 Å². The van der Waals surface area contributed by atoms with Gasteiger partial charge < -0.3 is 34.0 Å². The van der Waals surface area contributed by atoms with E-state index in [9.17, 15) is 29.4 Å². The number of nitriles is 2. The molecular weight excluding hydrogens is 994 g/mol. The second-order valence-corrected chi connectivity index (χ2v) is 25.3. The van der Waals surface area contributed by atoms with Crippen LogP contribution < -0.4 is 5.32 Å². The van der Waals surface area contributed by atoms with Crippen LogP contribution in [0.5, 0.6) is 0 Å². The fourth-order valence-electron chi connectivity index (χ4n) is 7.33. The van der Waals surface area contributed by atoms with E-state index in [4.69, 9.17) is 46.5 Å². The standard InChI is InChI=1S/C42H51FN10O15P2Si/c1-42(2,3)71(5,6)68-34-28(21-54)64-40(53-27-16-10-15-26(41(56)60-4)31(27)50-51-53)35(34)67-70(59,62-20-12-18-45)63-22-29-33(66-69(57,58)61-19-11-17-44)30(43)39(65-29)52-24-48-32-36(46-23-47-37(32)52)49-38(55)25-13-8-7-9-14-25/h7-10,13-16,23-24,28-30,33-35,39-40,54H,11-12,19-22H2,1-6H3,(H,57,58)(H,46,47,49,55)/t28-,29-,30-,33-,34?,35-,39-,40-,70?/m1/s1. The van der Waals surface area contributed by atoms with Crippen LogP contribution in [-0.4, -0.2) is 135 Å². The lowest BCUT2D eigenvalue weighted by Gasteiger charge is -2.40. The molecule has 0 saturated carbocycles. The van der Waals surface area contributed by atoms with Crippen LogP contribution in [0.3, 0.4) is 0 Å². The highest BCUT2D eigenvalue weighted by atomic mass is 31.2. The Balaban J connectivity index is 1.24. The summed E-state index contributed by atoms with van der Waals surface area (Å²) in [5.41, 5.74) is 0.637. The lowest BCUT2D eigenvalue weighted by molar-refractivity contribution is -0.0662. The first-order chi connectivity index (χ1) is 33.7. The van der Waals surface area contributed by atoms with Crippen LogP contribution in [0.4, 0.5) is 10.2 Å². The van der Waals surface area contributed by atoms with Gasteiger partial charge in [-0.1, -0.05) is 50.3 Å². The lowest BCUT2D eigenvalue weighted by Crippen LogP contribution is -2.50. The summed E-state index contributed by atoms with van der Waals surface area (Å²) in [5, 5.41) is 39.9. The second kappa shape index (κ2) is 22.1. The number of aliphatic hydroxyl groups excluding tert-OH is 1. The molecule has 3 N–H and O–H groups in total. The molecule has 0 aliphatic carbocycles. The summed E-state index contributed by atoms with van der Waals surface area (Å²) in [6.45, 7) is 7.00. The van der Waals surface area contributed by atoms with E-state index in [0.29, 0.717) is 5.56 Å². The van der Waals surface area contributed by atoms with Crippen molar-refractivity contribution >= 4 is 63.9 Å². The van der Waals surface area contributed by atoms with Crippen LogP contribution in [0.1, 0.15) is 66.8 Å². The number of fused-ring (bicyclic) bond motifs is 2. The zero-order valence-electron chi connectivity index (χ0n) is 39.1. The molecule has 0 spiro atoms. The fraction of sp³-hybridized carbons (Fsp3) is 0.500. The Labute approximate surface area is 406 Å². The second-order valence-electron chi connectivity index (χ2n) is 17.5. The van der Waals surface area contributed by atoms with Crippen LogP contribution in [0, 0.1) is 22.7 Å². The minimum Gasteiger partial charge on any atom is -0.465 e. The first kappa shape index (κ1) is 53.3. The van der Waals surface area contributed by atoms with E-state index >= 15 is 8.96 Å². The van der Waals surface area contributed by atoms with E-state index in [0.717, 1.165) is 17.2 Å². The summed E-state index contributed by atoms with van der Waals surface area (Å²) >= 11 is 0. The largest absolute Gasteiger partial charge is 0.475 e. The summed E-state index contributed by atoms with van der Waals surface area (Å²) in [7, 11) is -11.9. The van der Waals surface area contributed by atoms with Gasteiger partial charge in [0.1, 0.15) is 42.4 Å². The maximum absolute atomic E-state index is 17.0. The monoisotopic (exact) mass is 1040 g/mol. The Morgan fingerprint density at radius 1 is 0.901 bits per heavy atom. The average Bonchev–Trinajstić information content (AvgIpc) is 4.12. The summed E-state index contributed by atoms with van der Waals surface area (Å²) in [6, 6.07) is 16.4. The number of aromatic nitrogens is 7. The molecule has 29 heteroatoms. The van der Waals surface area contributed by atoms with E-state index in [2.05, 4.69) is 30.6 Å². The number of phosphoric acid groups is 2. The highest BCUT2D eigenvalue weighted by molar-refractivity contribution is 7.48. The molecule has 25 nitrogen and oxygen atoms in total. The predicted octanol–water partition coefficient (Wildman–Crippen LogP) is 5.68. The number of carbonyl (C=O) groups is 2. The number of hydrogen-bond acceptors (Lipinski definition) is 21. The van der Waals surface area contributed by atoms with Gasteiger partial charge in [0.15, 0.2) is 43.9 Å². The molecule has 0 bridgehead atoms. The Hall–Kier alpha value is -5.48. The van der Waals surface area contributed by atoms with Crippen LogP contribution in [0.15, 0.2) is 61.2 Å². The smallest absolute Gasteiger partial charge is 0.465 e. The number of rotatable bonds is 21. The van der Waals surface area contributed by atoms with E-state index in [1.54, 1.807) is 48.5 Å². The molecule has 2 aromatic carbocycles. The number of benzene rings is 2. The van der Waals surface area contributed by atoms with Crippen LogP contribution in [0.25, 0.3) is 22.2 Å². The van der Waals surface area contributed by atoms with E-state index < -0.39 is 116 Å². The molecule has 380 valence electrons. The molecular formula is C42H51FN10O15P2Si. The molecule has 3 unspecified atom stereocenters. The number of halogens is 1. The number of nitrogens with zero attached hydrogens (tertiary/aromatic N) is 9. The van der Waals surface area contributed by atoms with Crippen molar-refractivity contribution in [1.82, 2.24) is 34.5 Å². The number of imidazole rings is 1. The van der Waals surface area contributed by atoms with Crippen molar-refractivity contribution in [2.45, 2.75) is 101 Å². The first-order valence-corrected chi connectivity index (χ1v) is 27.8. The third-order valence-corrected chi connectivity index (χ3v) is 18.8. The number of amides is 1. The van der Waals surface area contributed by atoms with Crippen molar-refractivity contribution in [2.75, 3.05) is 38.9 Å². The molecule has 2 saturated heterocycles. The fourth-order valence-corrected chi connectivity index (χ4v) is 11.0. The zero-order valence-corrected chi connectivity index (χ0v) is 41.9. The third-order valence-electron chi connectivity index (χ3n) is 11.9. The molecule has 71 heavy (non-hydrogen) atoms. The van der Waals surface area contributed by atoms with Gasteiger partial charge >= 0.3 is 21.6 Å². The van der Waals surface area contributed by atoms with Crippen molar-refractivity contribution in [1.29, 1.82) is 10.5 Å². The highest BCUT2D eigenvalue weighted by Crippen LogP contribution is 2.56. The van der Waals surface area contributed by atoms with Crippen molar-refractivity contribution in [3.8, 4) is 12.1 Å². The van der Waals surface area contributed by atoms with Gasteiger partial charge in [0.25, 0.3) is 5.91 Å². The number of ether oxygens (including phenoxy) is 3. The Morgan fingerprint density at radius 3 is 2.28 bits per heavy atom. The van der Waals surface area contributed by atoms with E-state index in [-0.39, 0.29) is 46.4 Å². The topological polar surface area (TPSA) is 326 Å². The van der Waals surface area contributed by atoms with Crippen LogP contribution >= 0.6 is 15.6 Å². The van der Waals surface area contributed by atoms with Gasteiger partial charge in [0.05, 0.1) is 75.9 Å². The summed E-state index contributed by atoms with van der Waals surface area (Å²) in [6.07, 6.45) is -11.7. The predicted molar refractivity (Wildman–Crippen MR) is 246 cm³/mol. The van der Waals surface area contributed by atoms with Crippen molar-refractivity contribution in [2.24, 2.45) is 0 Å². The quantitative estimate of drug-likeness (QED) is 0.0344. The SMILES string of the molecule is COC(=O)c1cccc2c1nnn2[C@@H]1O[C@H](CO)C(O[Si](C)(C)C(C)(C)C)[C@H]1OP(=O)(OCCC#N)OC[C@H]1O[C@@H](n2cnc3c(NC(=O)c4ccccc4)ncnc32)[C@H](F)[C@@H]1OP(=O)(O)OCCC#N. The Morgan fingerprint density at radius 2 is 1.61 bits per heavy atom. The lowest BCUT2D eigenvalue weighted by atomic mass is 10.1. The molecule has 0 radical (unpaired) electrons. The maximum atomic E-state index is 17.0. The minimum absolute atomic E-state index is 0.00637. The number of esters is 1. The molecule has 2 aliphatic rings. The van der Waals surface area contributed by atoms with Gasteiger partial charge in [-0.25, -0.2) is 37.9 Å². The van der Waals surface area contributed by atoms with Crippen molar-refractivity contribution in [3.05, 3.63) is 72.3 Å². The number of hydrogen-bond donors (Lipinski definition) is 3. The average molecular weight is 1040 g/mol. The molecule has 1 amide bonds. The third kappa shape index (κ3) is 11.7. The number of anilines is 1. The van der Waals surface area contributed by atoms with Gasteiger partial charge in [0.2, 0.25) is 0 Å². The van der Waals surface area contributed by atoms with Gasteiger partial charge in [-0.2, -0.15) is 10.5 Å². The Bertz CT molecular complexity index is 2900. The molecule has 7 rings (SSSR count). The molecule has 5 aromatic rings. The van der Waals surface area contributed by atoms with Crippen LogP contribution in [0.2, 0.25) is 18.1 Å². The minimum atomic E-state index is -5.17.